The highest BCUT2D eigenvalue weighted by atomic mass is 79.9. The van der Waals surface area contributed by atoms with Crippen LogP contribution in [-0.2, 0) is 16.0 Å². The van der Waals surface area contributed by atoms with Gasteiger partial charge < -0.3 is 41.0 Å². The molecule has 296 valence electrons. The Labute approximate surface area is 331 Å². The summed E-state index contributed by atoms with van der Waals surface area (Å²) in [5, 5.41) is 32.3. The Hall–Kier alpha value is -4.95. The Kier molecular flexibility index (Phi) is 16.5. The number of fused-ring (bicyclic) bond motifs is 1. The minimum atomic E-state index is -1.70. The highest BCUT2D eigenvalue weighted by molar-refractivity contribution is 9.10. The molecule has 0 bridgehead atoms. The van der Waals surface area contributed by atoms with Crippen LogP contribution >= 0.6 is 15.9 Å². The lowest BCUT2D eigenvalue weighted by molar-refractivity contribution is -0.135. The second kappa shape index (κ2) is 21.2. The van der Waals surface area contributed by atoms with E-state index in [4.69, 9.17) is 9.47 Å². The number of halogens is 1. The minimum Gasteiger partial charge on any atom is -0.493 e. The maximum Gasteiger partial charge on any atom is 0.404 e. The number of nitrogens with one attached hydrogen (secondary N) is 4. The van der Waals surface area contributed by atoms with E-state index >= 15 is 0 Å². The molecule has 0 saturated heterocycles. The highest BCUT2D eigenvalue weighted by Crippen LogP contribution is 2.35. The number of carbonyl (C=O) groups is 3. The number of ether oxygens (including phenoxy) is 2. The van der Waals surface area contributed by atoms with E-state index in [1.54, 1.807) is 31.4 Å². The van der Waals surface area contributed by atoms with Crippen LogP contribution in [0.4, 0.5) is 10.6 Å². The highest BCUT2D eigenvalue weighted by Gasteiger charge is 2.31. The van der Waals surface area contributed by atoms with Crippen molar-refractivity contribution in [3.05, 3.63) is 88.2 Å². The van der Waals surface area contributed by atoms with Crippen molar-refractivity contribution in [3.63, 3.8) is 0 Å². The first-order valence-electron chi connectivity index (χ1n) is 18.6. The van der Waals surface area contributed by atoms with Gasteiger partial charge in [0.1, 0.15) is 17.7 Å². The summed E-state index contributed by atoms with van der Waals surface area (Å²) in [6.07, 6.45) is 0.618. The van der Waals surface area contributed by atoms with Gasteiger partial charge >= 0.3 is 6.09 Å². The van der Waals surface area contributed by atoms with E-state index in [0.717, 1.165) is 52.2 Å². The van der Waals surface area contributed by atoms with Crippen molar-refractivity contribution in [2.45, 2.75) is 90.4 Å². The summed E-state index contributed by atoms with van der Waals surface area (Å²) in [6.45, 7) is 8.68. The lowest BCUT2D eigenvalue weighted by Crippen LogP contribution is -2.56. The maximum atomic E-state index is 13.1. The van der Waals surface area contributed by atoms with Crippen molar-refractivity contribution in [3.8, 4) is 11.5 Å². The number of nitrogens with zero attached hydrogens (tertiary/aromatic N) is 2. The van der Waals surface area contributed by atoms with E-state index in [9.17, 15) is 24.6 Å². The van der Waals surface area contributed by atoms with Gasteiger partial charge in [-0.05, 0) is 74.8 Å². The molecule has 3 aromatic carbocycles. The summed E-state index contributed by atoms with van der Waals surface area (Å²) in [5.41, 5.74) is 2.61. The fourth-order valence-electron chi connectivity index (χ4n) is 6.21. The number of aryl methyl sites for hydroxylation is 1. The zero-order chi connectivity index (χ0) is 39.9. The van der Waals surface area contributed by atoms with Gasteiger partial charge in [-0.1, -0.05) is 85.1 Å². The molecule has 0 aliphatic rings. The number of anilines is 1. The molecular weight excluding hydrogens is 768 g/mol. The van der Waals surface area contributed by atoms with E-state index in [-0.39, 0.29) is 24.3 Å². The van der Waals surface area contributed by atoms with Crippen molar-refractivity contribution in [2.24, 2.45) is 5.92 Å². The van der Waals surface area contributed by atoms with E-state index in [1.165, 1.54) is 0 Å². The molecule has 0 saturated carbocycles. The molecule has 0 spiro atoms. The lowest BCUT2D eigenvalue weighted by Gasteiger charge is -2.26. The summed E-state index contributed by atoms with van der Waals surface area (Å²) in [5.74, 6) is 1.43. The zero-order valence-corrected chi connectivity index (χ0v) is 33.7. The molecule has 14 heteroatoms. The van der Waals surface area contributed by atoms with Crippen LogP contribution in [0.25, 0.3) is 10.9 Å². The van der Waals surface area contributed by atoms with Gasteiger partial charge in [0.15, 0.2) is 17.6 Å². The van der Waals surface area contributed by atoms with Crippen LogP contribution in [0.3, 0.4) is 0 Å². The largest absolute Gasteiger partial charge is 0.493 e. The minimum absolute atomic E-state index is 0.000270. The second-order valence-electron chi connectivity index (χ2n) is 14.0. The number of aliphatic hydroxyl groups excluding tert-OH is 1. The Morgan fingerprint density at radius 3 is 2.31 bits per heavy atom. The number of carboxylic acid groups (broad SMARTS) is 1. The van der Waals surface area contributed by atoms with Gasteiger partial charge in [-0.25, -0.2) is 14.8 Å². The SMILES string of the molecule is COc1cc2c(N[C@H](C)c3cccc(Br)c3)nc(C)nc2cc1OCCCCCCNC(=O)C(CC(C)C)NC(=O)[C@@H](O)[C@@H](Cc1ccccc1)NC(=O)O. The second-order valence-corrected chi connectivity index (χ2v) is 14.9. The first-order chi connectivity index (χ1) is 26.3. The van der Waals surface area contributed by atoms with Gasteiger partial charge in [-0.3, -0.25) is 9.59 Å². The Balaban J connectivity index is 1.24. The molecule has 0 fully saturated rings. The number of rotatable bonds is 21. The van der Waals surface area contributed by atoms with E-state index in [1.807, 2.05) is 51.1 Å². The van der Waals surface area contributed by atoms with Crippen LogP contribution in [0, 0.1) is 12.8 Å². The van der Waals surface area contributed by atoms with Crippen molar-refractivity contribution in [2.75, 3.05) is 25.6 Å². The third-order valence-corrected chi connectivity index (χ3v) is 9.51. The Morgan fingerprint density at radius 2 is 1.62 bits per heavy atom. The molecule has 0 aliphatic carbocycles. The molecule has 6 N–H and O–H groups in total. The first-order valence-corrected chi connectivity index (χ1v) is 19.4. The standard InChI is InChI=1S/C41H53BrN6O7/c1-25(2)20-34(47-40(51)37(49)33(48-41(52)53)21-28-14-9-8-10-15-28)39(50)43-18-11-6-7-12-19-55-36-24-32-31(23-35(36)54-5)38(46-27(4)45-32)44-26(3)29-16-13-17-30(42)22-29/h8-10,13-17,22-26,33-34,37,48-49H,6-7,11-12,18-21H2,1-5H3,(H,43,50)(H,47,51)(H,52,53)(H,44,45,46)/t26-,33-,34?,37+/m1/s1. The molecule has 1 aromatic heterocycles. The van der Waals surface area contributed by atoms with Gasteiger partial charge in [0, 0.05) is 22.5 Å². The van der Waals surface area contributed by atoms with Crippen molar-refractivity contribution < 1.29 is 34.1 Å². The lowest BCUT2D eigenvalue weighted by atomic mass is 9.99. The number of unbranched alkanes of at least 4 members (excludes halogenated alkanes) is 3. The quantitative estimate of drug-likeness (QED) is 0.0494. The molecule has 13 nitrogen and oxygen atoms in total. The number of amides is 3. The normalized spacial score (nSPS) is 13.4. The number of aliphatic hydroxyl groups is 1. The van der Waals surface area contributed by atoms with Crippen molar-refractivity contribution >= 4 is 50.6 Å². The molecule has 4 atom stereocenters. The van der Waals surface area contributed by atoms with Crippen LogP contribution in [0.15, 0.2) is 71.2 Å². The van der Waals surface area contributed by atoms with E-state index < -0.39 is 30.2 Å². The molecule has 0 radical (unpaired) electrons. The van der Waals surface area contributed by atoms with Gasteiger partial charge in [0.2, 0.25) is 5.91 Å². The molecule has 0 aliphatic heterocycles. The average molecular weight is 822 g/mol. The van der Waals surface area contributed by atoms with Crippen molar-refractivity contribution in [1.29, 1.82) is 0 Å². The fourth-order valence-corrected chi connectivity index (χ4v) is 6.62. The maximum absolute atomic E-state index is 13.1. The van der Waals surface area contributed by atoms with Gasteiger partial charge in [0.05, 0.1) is 31.3 Å². The monoisotopic (exact) mass is 820 g/mol. The average Bonchev–Trinajstić information content (AvgIpc) is 3.14. The molecule has 55 heavy (non-hydrogen) atoms. The number of carbonyl (C=O) groups excluding carboxylic acids is 2. The molecular formula is C41H53BrN6O7. The van der Waals surface area contributed by atoms with Crippen LogP contribution in [0.1, 0.15) is 75.9 Å². The van der Waals surface area contributed by atoms with Gasteiger partial charge in [0.25, 0.3) is 5.91 Å². The number of methoxy groups -OCH3 is 1. The van der Waals surface area contributed by atoms with Crippen LogP contribution in [0.2, 0.25) is 0 Å². The van der Waals surface area contributed by atoms with E-state index in [2.05, 4.69) is 66.2 Å². The summed E-state index contributed by atoms with van der Waals surface area (Å²) in [7, 11) is 1.60. The predicted octanol–water partition coefficient (Wildman–Crippen LogP) is 6.71. The Bertz CT molecular complexity index is 1880. The van der Waals surface area contributed by atoms with Crippen LogP contribution in [0.5, 0.6) is 11.5 Å². The number of hydrogen-bond acceptors (Lipinski definition) is 9. The number of aromatic nitrogens is 2. The third kappa shape index (κ3) is 13.4. The smallest absolute Gasteiger partial charge is 0.404 e. The molecule has 1 unspecified atom stereocenters. The fraction of sp³-hybridized carbons (Fsp3) is 0.439. The summed E-state index contributed by atoms with van der Waals surface area (Å²) in [4.78, 5) is 46.9. The Morgan fingerprint density at radius 1 is 0.873 bits per heavy atom. The number of hydrogen-bond donors (Lipinski definition) is 6. The number of benzene rings is 3. The predicted molar refractivity (Wildman–Crippen MR) is 216 cm³/mol. The summed E-state index contributed by atoms with van der Waals surface area (Å²) >= 11 is 3.55. The zero-order valence-electron chi connectivity index (χ0n) is 32.1. The molecule has 1 heterocycles. The van der Waals surface area contributed by atoms with Gasteiger partial charge in [-0.2, -0.15) is 0 Å². The molecule has 4 aromatic rings. The summed E-state index contributed by atoms with van der Waals surface area (Å²) in [6, 6.07) is 18.9. The topological polar surface area (TPSA) is 184 Å². The molecule has 4 rings (SSSR count). The van der Waals surface area contributed by atoms with Crippen molar-refractivity contribution in [1.82, 2.24) is 25.9 Å². The first kappa shape index (κ1) is 42.8. The van der Waals surface area contributed by atoms with Crippen LogP contribution < -0.4 is 30.7 Å². The van der Waals surface area contributed by atoms with Gasteiger partial charge in [-0.15, -0.1) is 0 Å². The third-order valence-electron chi connectivity index (χ3n) is 9.02. The summed E-state index contributed by atoms with van der Waals surface area (Å²) < 4.78 is 12.8. The van der Waals surface area contributed by atoms with E-state index in [0.29, 0.717) is 42.7 Å². The molecule has 3 amide bonds. The van der Waals surface area contributed by atoms with Crippen LogP contribution in [-0.4, -0.2) is 76.5 Å².